The van der Waals surface area contributed by atoms with Gasteiger partial charge in [0.1, 0.15) is 0 Å². The number of hydrogen-bond acceptors (Lipinski definition) is 3. The van der Waals surface area contributed by atoms with Gasteiger partial charge in [-0.2, -0.15) is 5.10 Å². The Morgan fingerprint density at radius 3 is 2.88 bits per heavy atom. The molecule has 2 aromatic heterocycles. The highest BCUT2D eigenvalue weighted by atomic mass is 35.5. The lowest BCUT2D eigenvalue weighted by molar-refractivity contribution is 1.02. The highest BCUT2D eigenvalue weighted by molar-refractivity contribution is 6.31. The molecule has 2 rings (SSSR count). The Balaban J connectivity index is 2.11. The lowest BCUT2D eigenvalue weighted by Gasteiger charge is -2.07. The summed E-state index contributed by atoms with van der Waals surface area (Å²) < 4.78 is 0. The summed E-state index contributed by atoms with van der Waals surface area (Å²) in [4.78, 5) is 4.00. The molecule has 0 spiro atoms. The molecule has 0 aliphatic rings. The van der Waals surface area contributed by atoms with Crippen LogP contribution in [0, 0.1) is 13.8 Å². The minimum absolute atomic E-state index is 0.487. The monoisotopic (exact) mass is 236 g/mol. The van der Waals surface area contributed by atoms with E-state index in [1.165, 1.54) is 5.56 Å². The molecule has 5 heteroatoms. The van der Waals surface area contributed by atoms with E-state index >= 15 is 0 Å². The summed E-state index contributed by atoms with van der Waals surface area (Å²) in [6.45, 7) is 4.67. The number of hydrogen-bond donors (Lipinski definition) is 2. The number of aromatic nitrogens is 3. The molecule has 0 aliphatic heterocycles. The van der Waals surface area contributed by atoms with E-state index in [-0.39, 0.29) is 0 Å². The first kappa shape index (κ1) is 11.0. The molecule has 4 nitrogen and oxygen atoms in total. The molecule has 2 aromatic rings. The van der Waals surface area contributed by atoms with Crippen molar-refractivity contribution in [2.24, 2.45) is 0 Å². The third-order valence-electron chi connectivity index (χ3n) is 2.50. The number of halogens is 1. The average Bonchev–Trinajstić information content (AvgIpc) is 2.58. The summed E-state index contributed by atoms with van der Waals surface area (Å²) in [6, 6.07) is 3.75. The lowest BCUT2D eigenvalue weighted by atomic mass is 10.2. The van der Waals surface area contributed by atoms with Gasteiger partial charge in [0.05, 0.1) is 11.4 Å². The van der Waals surface area contributed by atoms with Crippen LogP contribution < -0.4 is 5.32 Å². The van der Waals surface area contributed by atoms with Crippen molar-refractivity contribution in [2.75, 3.05) is 5.32 Å². The van der Waals surface area contributed by atoms with Crippen LogP contribution >= 0.6 is 11.6 Å². The predicted molar refractivity (Wildman–Crippen MR) is 64.6 cm³/mol. The van der Waals surface area contributed by atoms with E-state index in [0.717, 1.165) is 17.1 Å². The second-order valence-electron chi connectivity index (χ2n) is 3.61. The van der Waals surface area contributed by atoms with Crippen molar-refractivity contribution in [3.05, 3.63) is 40.4 Å². The first-order valence-corrected chi connectivity index (χ1v) is 5.41. The number of aromatic amines is 1. The summed E-state index contributed by atoms with van der Waals surface area (Å²) in [5.74, 6) is 0. The van der Waals surface area contributed by atoms with Crippen LogP contribution in [-0.4, -0.2) is 15.2 Å². The summed E-state index contributed by atoms with van der Waals surface area (Å²) in [5, 5.41) is 10.8. The molecule has 0 aliphatic carbocycles. The quantitative estimate of drug-likeness (QED) is 0.806. The number of nitrogens with one attached hydrogen (secondary N) is 2. The number of H-pyrrole nitrogens is 1. The van der Waals surface area contributed by atoms with Crippen molar-refractivity contribution in [3.63, 3.8) is 0 Å². The maximum Gasteiger partial charge on any atom is 0.152 e. The van der Waals surface area contributed by atoms with Crippen LogP contribution in [0.25, 0.3) is 0 Å². The molecular formula is C11H13ClN4. The van der Waals surface area contributed by atoms with E-state index in [2.05, 4.69) is 20.5 Å². The fraction of sp³-hybridized carbons (Fsp3) is 0.273. The molecule has 2 heterocycles. The molecule has 2 N–H and O–H groups in total. The molecular weight excluding hydrogens is 224 g/mol. The summed E-state index contributed by atoms with van der Waals surface area (Å²) in [7, 11) is 0. The van der Waals surface area contributed by atoms with Crippen LogP contribution in [0.15, 0.2) is 18.3 Å². The Labute approximate surface area is 99.1 Å². The molecule has 0 fully saturated rings. The van der Waals surface area contributed by atoms with Crippen LogP contribution in [0.2, 0.25) is 5.15 Å². The number of anilines is 1. The van der Waals surface area contributed by atoms with E-state index < -0.39 is 0 Å². The molecule has 0 unspecified atom stereocenters. The number of aryl methyl sites for hydroxylation is 2. The molecule has 0 saturated heterocycles. The first-order valence-electron chi connectivity index (χ1n) is 5.03. The molecule has 16 heavy (non-hydrogen) atoms. The second-order valence-corrected chi connectivity index (χ2v) is 3.97. The summed E-state index contributed by atoms with van der Waals surface area (Å²) in [5.41, 5.74) is 4.08. The van der Waals surface area contributed by atoms with E-state index in [1.807, 2.05) is 26.0 Å². The van der Waals surface area contributed by atoms with E-state index in [1.54, 1.807) is 6.20 Å². The molecule has 0 bridgehead atoms. The molecule has 0 saturated carbocycles. The minimum atomic E-state index is 0.487. The van der Waals surface area contributed by atoms with Gasteiger partial charge in [0, 0.05) is 24.0 Å². The van der Waals surface area contributed by atoms with Gasteiger partial charge in [-0.1, -0.05) is 11.6 Å². The van der Waals surface area contributed by atoms with Crippen LogP contribution in [-0.2, 0) is 6.54 Å². The Bertz CT molecular complexity index is 473. The first-order chi connectivity index (χ1) is 7.68. The van der Waals surface area contributed by atoms with E-state index in [9.17, 15) is 0 Å². The molecule has 0 amide bonds. The maximum absolute atomic E-state index is 5.95. The van der Waals surface area contributed by atoms with Crippen molar-refractivity contribution < 1.29 is 0 Å². The zero-order valence-corrected chi connectivity index (χ0v) is 9.97. The Morgan fingerprint density at radius 1 is 1.44 bits per heavy atom. The fourth-order valence-corrected chi connectivity index (χ4v) is 1.72. The fourth-order valence-electron chi connectivity index (χ4n) is 1.54. The van der Waals surface area contributed by atoms with Crippen molar-refractivity contribution in [3.8, 4) is 0 Å². The lowest BCUT2D eigenvalue weighted by Crippen LogP contribution is -2.02. The van der Waals surface area contributed by atoms with Crippen molar-refractivity contribution >= 4 is 17.3 Å². The number of nitrogens with zero attached hydrogens (tertiary/aromatic N) is 2. The molecule has 0 aromatic carbocycles. The van der Waals surface area contributed by atoms with Crippen LogP contribution in [0.4, 0.5) is 5.69 Å². The zero-order valence-electron chi connectivity index (χ0n) is 9.21. The zero-order chi connectivity index (χ0) is 11.5. The molecule has 0 radical (unpaired) electrons. The molecule has 0 atom stereocenters. The average molecular weight is 237 g/mol. The molecule has 84 valence electrons. The summed E-state index contributed by atoms with van der Waals surface area (Å²) >= 11 is 5.95. The van der Waals surface area contributed by atoms with Crippen molar-refractivity contribution in [1.82, 2.24) is 15.2 Å². The minimum Gasteiger partial charge on any atom is -0.378 e. The maximum atomic E-state index is 5.95. The van der Waals surface area contributed by atoms with Gasteiger partial charge >= 0.3 is 0 Å². The second kappa shape index (κ2) is 4.53. The van der Waals surface area contributed by atoms with Crippen LogP contribution in [0.5, 0.6) is 0 Å². The largest absolute Gasteiger partial charge is 0.378 e. The predicted octanol–water partition coefficient (Wildman–Crippen LogP) is 2.69. The van der Waals surface area contributed by atoms with Gasteiger partial charge in [0.2, 0.25) is 0 Å². The van der Waals surface area contributed by atoms with Gasteiger partial charge < -0.3 is 5.32 Å². The van der Waals surface area contributed by atoms with Crippen molar-refractivity contribution in [2.45, 2.75) is 20.4 Å². The smallest absolute Gasteiger partial charge is 0.152 e. The van der Waals surface area contributed by atoms with Gasteiger partial charge in [0.15, 0.2) is 5.15 Å². The van der Waals surface area contributed by atoms with Crippen molar-refractivity contribution in [1.29, 1.82) is 0 Å². The Kier molecular flexibility index (Phi) is 3.10. The van der Waals surface area contributed by atoms with E-state index in [0.29, 0.717) is 11.7 Å². The van der Waals surface area contributed by atoms with Crippen LogP contribution in [0.3, 0.4) is 0 Å². The van der Waals surface area contributed by atoms with E-state index in [4.69, 9.17) is 11.6 Å². The Morgan fingerprint density at radius 2 is 2.25 bits per heavy atom. The Hall–Kier alpha value is -1.55. The SMILES string of the molecule is Cc1n[nH]c(C)c1CNc1cccnc1Cl. The topological polar surface area (TPSA) is 53.6 Å². The standard InChI is InChI=1S/C11H13ClN4/c1-7-9(8(2)16-15-7)6-14-10-4-3-5-13-11(10)12/h3-5,14H,6H2,1-2H3,(H,15,16). The highest BCUT2D eigenvalue weighted by Crippen LogP contribution is 2.19. The number of pyridine rings is 1. The highest BCUT2D eigenvalue weighted by Gasteiger charge is 2.06. The summed E-state index contributed by atoms with van der Waals surface area (Å²) in [6.07, 6.45) is 1.67. The van der Waals surface area contributed by atoms with Gasteiger partial charge in [-0.15, -0.1) is 0 Å². The third kappa shape index (κ3) is 2.17. The van der Waals surface area contributed by atoms with Gasteiger partial charge in [-0.25, -0.2) is 4.98 Å². The van der Waals surface area contributed by atoms with Crippen LogP contribution in [0.1, 0.15) is 17.0 Å². The van der Waals surface area contributed by atoms with Gasteiger partial charge in [0.25, 0.3) is 0 Å². The van der Waals surface area contributed by atoms with Gasteiger partial charge in [-0.05, 0) is 26.0 Å². The normalized spacial score (nSPS) is 10.4. The number of rotatable bonds is 3. The third-order valence-corrected chi connectivity index (χ3v) is 2.80. The van der Waals surface area contributed by atoms with Gasteiger partial charge in [-0.3, -0.25) is 5.10 Å².